The summed E-state index contributed by atoms with van der Waals surface area (Å²) in [5, 5.41) is 0. The number of hydrogen-bond donors (Lipinski definition) is 0. The molecule has 0 radical (unpaired) electrons. The third kappa shape index (κ3) is 3.87. The smallest absolute Gasteiger partial charge is 0.343 e. The van der Waals surface area contributed by atoms with Gasteiger partial charge in [-0.05, 0) is 29.3 Å². The molecule has 0 aliphatic rings. The molecule has 4 aromatic rings. The van der Waals surface area contributed by atoms with Gasteiger partial charge < -0.3 is 4.74 Å². The zero-order chi connectivity index (χ0) is 20.1. The molecule has 0 aliphatic heterocycles. The van der Waals surface area contributed by atoms with E-state index in [0.29, 0.717) is 11.3 Å². The molecule has 0 amide bonds. The van der Waals surface area contributed by atoms with E-state index in [1.54, 1.807) is 12.1 Å². The van der Waals surface area contributed by atoms with Crippen molar-refractivity contribution in [3.63, 3.8) is 0 Å². The number of esters is 1. The van der Waals surface area contributed by atoms with E-state index >= 15 is 0 Å². The van der Waals surface area contributed by atoms with Gasteiger partial charge in [0.1, 0.15) is 10.1 Å². The first-order chi connectivity index (χ1) is 14.2. The summed E-state index contributed by atoms with van der Waals surface area (Å²) in [6.07, 6.45) is 0. The van der Waals surface area contributed by atoms with Gasteiger partial charge in [0.2, 0.25) is 0 Å². The summed E-state index contributed by atoms with van der Waals surface area (Å²) in [5.74, 6) is 0.139. The fourth-order valence-electron chi connectivity index (χ4n) is 3.39. The maximum Gasteiger partial charge on any atom is 0.343 e. The Bertz CT molecular complexity index is 1050. The van der Waals surface area contributed by atoms with Gasteiger partial charge in [0.15, 0.2) is 0 Å². The third-order valence-corrected chi connectivity index (χ3v) is 6.16. The number of carbonyl (C=O) groups is 1. The highest BCUT2D eigenvalue weighted by Crippen LogP contribution is 2.48. The van der Waals surface area contributed by atoms with Crippen LogP contribution >= 0.6 is 15.9 Å². The van der Waals surface area contributed by atoms with E-state index in [9.17, 15) is 4.79 Å². The van der Waals surface area contributed by atoms with Crippen molar-refractivity contribution in [2.24, 2.45) is 0 Å². The van der Waals surface area contributed by atoms with Crippen molar-refractivity contribution in [1.82, 2.24) is 0 Å². The van der Waals surface area contributed by atoms with E-state index in [1.165, 1.54) is 0 Å². The minimum atomic E-state index is -0.664. The van der Waals surface area contributed by atoms with Gasteiger partial charge in [-0.15, -0.1) is 0 Å². The molecule has 0 N–H and O–H groups in total. The van der Waals surface area contributed by atoms with E-state index in [1.807, 2.05) is 78.9 Å². The molecule has 0 saturated carbocycles. The highest BCUT2D eigenvalue weighted by molar-refractivity contribution is 9.10. The Morgan fingerprint density at radius 1 is 0.621 bits per heavy atom. The van der Waals surface area contributed by atoms with Gasteiger partial charge in [0.05, 0.1) is 5.56 Å². The Kier molecular flexibility index (Phi) is 5.59. The largest absolute Gasteiger partial charge is 0.423 e. The lowest BCUT2D eigenvalue weighted by Gasteiger charge is -2.31. The number of ether oxygens (including phenoxy) is 1. The van der Waals surface area contributed by atoms with Crippen molar-refractivity contribution in [2.45, 2.75) is 4.32 Å². The van der Waals surface area contributed by atoms with E-state index in [0.717, 1.165) is 16.7 Å². The minimum absolute atomic E-state index is 0.381. The zero-order valence-corrected chi connectivity index (χ0v) is 17.3. The van der Waals surface area contributed by atoms with E-state index < -0.39 is 4.32 Å². The van der Waals surface area contributed by atoms with Crippen LogP contribution in [0.2, 0.25) is 0 Å². The minimum Gasteiger partial charge on any atom is -0.423 e. The number of benzene rings is 4. The molecule has 0 atom stereocenters. The van der Waals surface area contributed by atoms with Gasteiger partial charge in [0.25, 0.3) is 0 Å². The molecule has 0 saturated heterocycles. The van der Waals surface area contributed by atoms with Crippen LogP contribution in [-0.2, 0) is 4.32 Å². The van der Waals surface area contributed by atoms with Crippen LogP contribution in [0.15, 0.2) is 115 Å². The van der Waals surface area contributed by atoms with Crippen LogP contribution in [-0.4, -0.2) is 5.97 Å². The molecule has 0 spiro atoms. The fraction of sp³-hybridized carbons (Fsp3) is 0.0385. The Balaban J connectivity index is 1.84. The second kappa shape index (κ2) is 8.46. The molecule has 4 rings (SSSR count). The normalized spacial score (nSPS) is 11.1. The molecule has 0 aromatic heterocycles. The van der Waals surface area contributed by atoms with Crippen molar-refractivity contribution in [2.75, 3.05) is 0 Å². The Hall–Kier alpha value is -3.17. The van der Waals surface area contributed by atoms with Gasteiger partial charge in [-0.25, -0.2) is 4.79 Å². The van der Waals surface area contributed by atoms with Crippen LogP contribution in [0.3, 0.4) is 0 Å². The monoisotopic (exact) mass is 442 g/mol. The molecular formula is C26H19BrO2. The maximum atomic E-state index is 12.7. The van der Waals surface area contributed by atoms with E-state index in [2.05, 4.69) is 40.2 Å². The second-order valence-corrected chi connectivity index (χ2v) is 7.83. The molecule has 3 heteroatoms. The SMILES string of the molecule is O=C(Oc1ccccc1C(Br)(c1ccccc1)c1ccccc1)c1ccccc1. The molecule has 0 heterocycles. The zero-order valence-electron chi connectivity index (χ0n) is 15.7. The summed E-state index contributed by atoms with van der Waals surface area (Å²) in [5.41, 5.74) is 3.48. The summed E-state index contributed by atoms with van der Waals surface area (Å²) in [7, 11) is 0. The molecule has 0 bridgehead atoms. The highest BCUT2D eigenvalue weighted by Gasteiger charge is 2.36. The van der Waals surface area contributed by atoms with Gasteiger partial charge in [-0.2, -0.15) is 0 Å². The summed E-state index contributed by atoms with van der Waals surface area (Å²) >= 11 is 4.02. The van der Waals surface area contributed by atoms with Gasteiger partial charge in [-0.1, -0.05) is 113 Å². The van der Waals surface area contributed by atoms with E-state index in [4.69, 9.17) is 4.74 Å². The fourth-order valence-corrected chi connectivity index (χ4v) is 4.24. The molecule has 0 aliphatic carbocycles. The van der Waals surface area contributed by atoms with Crippen molar-refractivity contribution >= 4 is 21.9 Å². The number of alkyl halides is 1. The van der Waals surface area contributed by atoms with Crippen LogP contribution in [0, 0.1) is 0 Å². The van der Waals surface area contributed by atoms with Gasteiger partial charge in [-0.3, -0.25) is 0 Å². The number of hydrogen-bond acceptors (Lipinski definition) is 2. The number of carbonyl (C=O) groups excluding carboxylic acids is 1. The molecule has 142 valence electrons. The van der Waals surface area contributed by atoms with Crippen LogP contribution in [0.5, 0.6) is 5.75 Å². The number of rotatable bonds is 5. The molecule has 2 nitrogen and oxygen atoms in total. The first kappa shape index (κ1) is 19.2. The van der Waals surface area contributed by atoms with Gasteiger partial charge >= 0.3 is 5.97 Å². The predicted octanol–water partition coefficient (Wildman–Crippen LogP) is 6.59. The van der Waals surface area contributed by atoms with Crippen molar-refractivity contribution < 1.29 is 9.53 Å². The van der Waals surface area contributed by atoms with Crippen molar-refractivity contribution in [3.05, 3.63) is 138 Å². The highest BCUT2D eigenvalue weighted by atomic mass is 79.9. The summed E-state index contributed by atoms with van der Waals surface area (Å²) in [6.45, 7) is 0. The average molecular weight is 443 g/mol. The Labute approximate surface area is 178 Å². The quantitative estimate of drug-likeness (QED) is 0.151. The third-order valence-electron chi connectivity index (χ3n) is 4.81. The number of halogens is 1. The molecule has 0 unspecified atom stereocenters. The summed E-state index contributed by atoms with van der Waals surface area (Å²) in [4.78, 5) is 12.7. The first-order valence-electron chi connectivity index (χ1n) is 9.36. The lowest BCUT2D eigenvalue weighted by atomic mass is 9.84. The van der Waals surface area contributed by atoms with Crippen LogP contribution in [0.1, 0.15) is 27.0 Å². The standard InChI is InChI=1S/C26H19BrO2/c27-26(21-14-6-2-7-15-21,22-16-8-3-9-17-22)23-18-10-11-19-24(23)29-25(28)20-12-4-1-5-13-20/h1-19H. The first-order valence-corrected chi connectivity index (χ1v) is 10.2. The lowest BCUT2D eigenvalue weighted by molar-refractivity contribution is 0.0733. The predicted molar refractivity (Wildman–Crippen MR) is 120 cm³/mol. The van der Waals surface area contributed by atoms with Crippen molar-refractivity contribution in [1.29, 1.82) is 0 Å². The summed E-state index contributed by atoms with van der Waals surface area (Å²) < 4.78 is 5.19. The second-order valence-electron chi connectivity index (χ2n) is 6.64. The Morgan fingerprint density at radius 2 is 1.07 bits per heavy atom. The molecule has 0 fully saturated rings. The molecule has 29 heavy (non-hydrogen) atoms. The van der Waals surface area contributed by atoms with Gasteiger partial charge in [0, 0.05) is 5.56 Å². The topological polar surface area (TPSA) is 26.3 Å². The molecule has 4 aromatic carbocycles. The van der Waals surface area contributed by atoms with Crippen molar-refractivity contribution in [3.8, 4) is 5.75 Å². The van der Waals surface area contributed by atoms with Crippen LogP contribution in [0.4, 0.5) is 0 Å². The van der Waals surface area contributed by atoms with Crippen LogP contribution in [0.25, 0.3) is 0 Å². The average Bonchev–Trinajstić information content (AvgIpc) is 2.80. The van der Waals surface area contributed by atoms with E-state index in [-0.39, 0.29) is 5.97 Å². The molecular weight excluding hydrogens is 424 g/mol. The Morgan fingerprint density at radius 3 is 1.62 bits per heavy atom. The summed E-state index contributed by atoms with van der Waals surface area (Å²) in [6, 6.07) is 36.9. The number of para-hydroxylation sites is 1. The lowest BCUT2D eigenvalue weighted by Crippen LogP contribution is -2.23. The van der Waals surface area contributed by atoms with Crippen LogP contribution < -0.4 is 4.74 Å². The maximum absolute atomic E-state index is 12.7.